The zero-order valence-electron chi connectivity index (χ0n) is 10.9. The fraction of sp³-hybridized carbons (Fsp3) is 0.467. The van der Waals surface area contributed by atoms with Gasteiger partial charge in [0.05, 0.1) is 5.54 Å². The maximum atomic E-state index is 13.5. The van der Waals surface area contributed by atoms with E-state index in [1.54, 1.807) is 6.07 Å². The highest BCUT2D eigenvalue weighted by Crippen LogP contribution is 2.38. The van der Waals surface area contributed by atoms with Gasteiger partial charge in [-0.15, -0.1) is 0 Å². The Balaban J connectivity index is 1.93. The van der Waals surface area contributed by atoms with Crippen molar-refractivity contribution in [2.45, 2.75) is 24.8 Å². The number of hydrogen-bond acceptors (Lipinski definition) is 2. The molecule has 1 fully saturated rings. The fourth-order valence-electron chi connectivity index (χ4n) is 3.68. The average molecular weight is 259 g/mol. The van der Waals surface area contributed by atoms with Gasteiger partial charge >= 0.3 is 0 Å². The minimum atomic E-state index is -0.146. The lowest BCUT2D eigenvalue weighted by Crippen LogP contribution is -2.53. The Morgan fingerprint density at radius 3 is 2.79 bits per heavy atom. The Kier molecular flexibility index (Phi) is 2.44. The van der Waals surface area contributed by atoms with Gasteiger partial charge in [-0.05, 0) is 56.1 Å². The predicted molar refractivity (Wildman–Crippen MR) is 73.7 cm³/mol. The first-order valence-corrected chi connectivity index (χ1v) is 7.05. The lowest BCUT2D eigenvalue weighted by atomic mass is 9.80. The smallest absolute Gasteiger partial charge is 0.123 e. The third kappa shape index (κ3) is 1.63. The van der Waals surface area contributed by atoms with Crippen molar-refractivity contribution in [1.29, 1.82) is 0 Å². The van der Waals surface area contributed by atoms with E-state index in [2.05, 4.69) is 15.6 Å². The van der Waals surface area contributed by atoms with Crippen LogP contribution in [0.5, 0.6) is 0 Å². The Bertz CT molecular complexity index is 626. The summed E-state index contributed by atoms with van der Waals surface area (Å²) in [6.45, 7) is 3.06. The average Bonchev–Trinajstić information content (AvgIpc) is 2.80. The highest BCUT2D eigenvalue weighted by molar-refractivity contribution is 5.85. The summed E-state index contributed by atoms with van der Waals surface area (Å²) in [5, 5.41) is 8.18. The lowest BCUT2D eigenvalue weighted by molar-refractivity contribution is 0.230. The Morgan fingerprint density at radius 1 is 1.11 bits per heavy atom. The fourth-order valence-corrected chi connectivity index (χ4v) is 3.68. The van der Waals surface area contributed by atoms with E-state index in [-0.39, 0.29) is 11.4 Å². The van der Waals surface area contributed by atoms with Crippen LogP contribution in [0.15, 0.2) is 18.2 Å². The van der Waals surface area contributed by atoms with Crippen LogP contribution in [0.4, 0.5) is 4.39 Å². The van der Waals surface area contributed by atoms with Crippen molar-refractivity contribution in [3.63, 3.8) is 0 Å². The first-order valence-electron chi connectivity index (χ1n) is 7.05. The Labute approximate surface area is 111 Å². The van der Waals surface area contributed by atoms with Crippen LogP contribution in [-0.2, 0) is 12.0 Å². The van der Waals surface area contributed by atoms with E-state index in [1.807, 2.05) is 6.07 Å². The third-order valence-corrected chi connectivity index (χ3v) is 4.64. The minimum absolute atomic E-state index is 0.0638. The summed E-state index contributed by atoms with van der Waals surface area (Å²) in [4.78, 5) is 3.55. The zero-order valence-corrected chi connectivity index (χ0v) is 10.9. The number of halogens is 1. The second-order valence-corrected chi connectivity index (χ2v) is 5.68. The van der Waals surface area contributed by atoms with Crippen molar-refractivity contribution in [3.8, 4) is 0 Å². The number of fused-ring (bicyclic) bond motifs is 4. The minimum Gasteiger partial charge on any atom is -0.357 e. The standard InChI is InChI=1S/C15H18FN3/c16-10-1-2-13-12(9-10)11-3-6-18-15(14(11)19-13)4-7-17-8-5-15/h1-2,9,17-19H,3-8H2. The molecule has 0 unspecified atom stereocenters. The molecule has 3 nitrogen and oxygen atoms in total. The summed E-state index contributed by atoms with van der Waals surface area (Å²) >= 11 is 0. The van der Waals surface area contributed by atoms with Crippen molar-refractivity contribution >= 4 is 10.9 Å². The van der Waals surface area contributed by atoms with Gasteiger partial charge in [-0.1, -0.05) is 0 Å². The molecule has 100 valence electrons. The maximum absolute atomic E-state index is 13.5. The molecule has 0 aliphatic carbocycles. The topological polar surface area (TPSA) is 39.9 Å². The molecule has 3 N–H and O–H groups in total. The van der Waals surface area contributed by atoms with Gasteiger partial charge in [0.1, 0.15) is 5.82 Å². The molecular weight excluding hydrogens is 241 g/mol. The van der Waals surface area contributed by atoms with E-state index in [1.165, 1.54) is 17.3 Å². The molecular formula is C15H18FN3. The van der Waals surface area contributed by atoms with Crippen LogP contribution in [0, 0.1) is 5.82 Å². The summed E-state index contributed by atoms with van der Waals surface area (Å²) in [5.74, 6) is -0.146. The maximum Gasteiger partial charge on any atom is 0.123 e. The summed E-state index contributed by atoms with van der Waals surface area (Å²) in [5.41, 5.74) is 3.73. The Hall–Kier alpha value is -1.39. The van der Waals surface area contributed by atoms with Gasteiger partial charge in [-0.3, -0.25) is 0 Å². The second kappa shape index (κ2) is 4.05. The van der Waals surface area contributed by atoms with Crippen LogP contribution in [0.25, 0.3) is 10.9 Å². The van der Waals surface area contributed by atoms with Gasteiger partial charge in [0.15, 0.2) is 0 Å². The predicted octanol–water partition coefficient (Wildman–Crippen LogP) is 2.03. The SMILES string of the molecule is Fc1ccc2[nH]c3c(c2c1)CCNC31CCNCC1. The van der Waals surface area contributed by atoms with Crippen molar-refractivity contribution < 1.29 is 4.39 Å². The second-order valence-electron chi connectivity index (χ2n) is 5.68. The van der Waals surface area contributed by atoms with Gasteiger partial charge in [0.25, 0.3) is 0 Å². The number of nitrogens with one attached hydrogen (secondary N) is 3. The first-order chi connectivity index (χ1) is 9.28. The highest BCUT2D eigenvalue weighted by Gasteiger charge is 2.39. The molecule has 0 atom stereocenters. The molecule has 0 bridgehead atoms. The molecule has 2 aliphatic rings. The van der Waals surface area contributed by atoms with E-state index in [0.717, 1.165) is 49.8 Å². The molecule has 3 heterocycles. The monoisotopic (exact) mass is 259 g/mol. The number of benzene rings is 1. The molecule has 1 aromatic carbocycles. The van der Waals surface area contributed by atoms with Gasteiger partial charge in [-0.2, -0.15) is 0 Å². The number of piperidine rings is 1. The molecule has 1 spiro atoms. The van der Waals surface area contributed by atoms with Gasteiger partial charge in [-0.25, -0.2) is 4.39 Å². The quantitative estimate of drug-likeness (QED) is 0.677. The summed E-state index contributed by atoms with van der Waals surface area (Å²) in [7, 11) is 0. The van der Waals surface area contributed by atoms with Crippen molar-refractivity contribution in [3.05, 3.63) is 35.3 Å². The molecule has 0 amide bonds. The van der Waals surface area contributed by atoms with Crippen LogP contribution in [0.1, 0.15) is 24.1 Å². The molecule has 0 saturated carbocycles. The third-order valence-electron chi connectivity index (χ3n) is 4.64. The van der Waals surface area contributed by atoms with E-state index in [4.69, 9.17) is 0 Å². The normalized spacial score (nSPS) is 21.7. The van der Waals surface area contributed by atoms with Gasteiger partial charge < -0.3 is 15.6 Å². The number of aromatic nitrogens is 1. The van der Waals surface area contributed by atoms with Crippen molar-refractivity contribution in [2.75, 3.05) is 19.6 Å². The molecule has 2 aliphatic heterocycles. The van der Waals surface area contributed by atoms with Crippen LogP contribution in [0.3, 0.4) is 0 Å². The van der Waals surface area contributed by atoms with Crippen molar-refractivity contribution in [1.82, 2.24) is 15.6 Å². The Morgan fingerprint density at radius 2 is 1.95 bits per heavy atom. The van der Waals surface area contributed by atoms with Gasteiger partial charge in [0, 0.05) is 23.1 Å². The summed E-state index contributed by atoms with van der Waals surface area (Å²) in [6.07, 6.45) is 3.17. The van der Waals surface area contributed by atoms with E-state index >= 15 is 0 Å². The summed E-state index contributed by atoms with van der Waals surface area (Å²) in [6, 6.07) is 5.06. The number of hydrogen-bond donors (Lipinski definition) is 3. The van der Waals surface area contributed by atoms with Crippen LogP contribution >= 0.6 is 0 Å². The molecule has 2 aromatic rings. The largest absolute Gasteiger partial charge is 0.357 e. The van der Waals surface area contributed by atoms with Crippen molar-refractivity contribution in [2.24, 2.45) is 0 Å². The molecule has 0 radical (unpaired) electrons. The lowest BCUT2D eigenvalue weighted by Gasteiger charge is -2.41. The van der Waals surface area contributed by atoms with Crippen LogP contribution in [0.2, 0.25) is 0 Å². The number of H-pyrrole nitrogens is 1. The highest BCUT2D eigenvalue weighted by atomic mass is 19.1. The number of aromatic amines is 1. The number of rotatable bonds is 0. The molecule has 19 heavy (non-hydrogen) atoms. The molecule has 4 heteroatoms. The summed E-state index contributed by atoms with van der Waals surface area (Å²) < 4.78 is 13.5. The first kappa shape index (κ1) is 11.4. The molecule has 4 rings (SSSR count). The zero-order chi connectivity index (χ0) is 12.9. The van der Waals surface area contributed by atoms with E-state index in [0.29, 0.717) is 0 Å². The van der Waals surface area contributed by atoms with Gasteiger partial charge in [0.2, 0.25) is 0 Å². The molecule has 1 aromatic heterocycles. The van der Waals surface area contributed by atoms with E-state index in [9.17, 15) is 4.39 Å². The van der Waals surface area contributed by atoms with E-state index < -0.39 is 0 Å². The van der Waals surface area contributed by atoms with Crippen LogP contribution in [-0.4, -0.2) is 24.6 Å². The molecule has 1 saturated heterocycles. The van der Waals surface area contributed by atoms with Crippen LogP contribution < -0.4 is 10.6 Å².